The number of amides is 1. The molecule has 5 heteroatoms. The summed E-state index contributed by atoms with van der Waals surface area (Å²) in [6.45, 7) is 5.90. The first kappa shape index (κ1) is 20.7. The Kier molecular flexibility index (Phi) is 6.78. The van der Waals surface area contributed by atoms with E-state index in [1.165, 1.54) is 0 Å². The van der Waals surface area contributed by atoms with Crippen LogP contribution >= 0.6 is 11.6 Å². The molecular formula is C24H24ClNO3. The van der Waals surface area contributed by atoms with Crippen molar-refractivity contribution in [2.24, 2.45) is 0 Å². The molecule has 0 saturated carbocycles. The van der Waals surface area contributed by atoms with Crippen molar-refractivity contribution < 1.29 is 14.3 Å². The van der Waals surface area contributed by atoms with Gasteiger partial charge in [-0.25, -0.2) is 0 Å². The van der Waals surface area contributed by atoms with E-state index in [0.29, 0.717) is 33.9 Å². The Morgan fingerprint density at radius 2 is 1.59 bits per heavy atom. The van der Waals surface area contributed by atoms with Crippen LogP contribution < -0.4 is 14.8 Å². The minimum Gasteiger partial charge on any atom is -0.481 e. The van der Waals surface area contributed by atoms with Gasteiger partial charge in [-0.05, 0) is 54.8 Å². The summed E-state index contributed by atoms with van der Waals surface area (Å²) in [6, 6.07) is 22.2. The molecule has 3 aromatic carbocycles. The van der Waals surface area contributed by atoms with E-state index in [9.17, 15) is 4.79 Å². The van der Waals surface area contributed by atoms with Crippen molar-refractivity contribution in [2.75, 3.05) is 5.32 Å². The van der Waals surface area contributed by atoms with Gasteiger partial charge in [-0.1, -0.05) is 61.8 Å². The van der Waals surface area contributed by atoms with Crippen LogP contribution in [0.15, 0.2) is 72.8 Å². The van der Waals surface area contributed by atoms with Gasteiger partial charge in [0.2, 0.25) is 0 Å². The molecule has 0 unspecified atom stereocenters. The first-order valence-electron chi connectivity index (χ1n) is 9.53. The van der Waals surface area contributed by atoms with E-state index in [4.69, 9.17) is 21.1 Å². The van der Waals surface area contributed by atoms with Crippen LogP contribution in [0.4, 0.5) is 5.69 Å². The summed E-state index contributed by atoms with van der Waals surface area (Å²) in [6.07, 6.45) is -0.696. The number of carbonyl (C=O) groups excluding carboxylic acids is 1. The molecule has 1 N–H and O–H groups in total. The molecule has 150 valence electrons. The maximum Gasteiger partial charge on any atom is 0.265 e. The fourth-order valence-corrected chi connectivity index (χ4v) is 3.02. The number of hydrogen-bond acceptors (Lipinski definition) is 3. The second kappa shape index (κ2) is 9.48. The molecule has 1 amide bonds. The number of benzene rings is 3. The Labute approximate surface area is 176 Å². The first-order valence-corrected chi connectivity index (χ1v) is 9.90. The zero-order valence-corrected chi connectivity index (χ0v) is 17.4. The molecule has 0 aliphatic carbocycles. The number of para-hydroxylation sites is 2. The predicted octanol–water partition coefficient (Wildman–Crippen LogP) is 6.66. The second-order valence-corrected chi connectivity index (χ2v) is 7.43. The van der Waals surface area contributed by atoms with E-state index >= 15 is 0 Å². The van der Waals surface area contributed by atoms with Crippen molar-refractivity contribution in [3.8, 4) is 17.2 Å². The number of halogens is 1. The molecule has 0 aliphatic heterocycles. The Bertz CT molecular complexity index is 973. The lowest BCUT2D eigenvalue weighted by Gasteiger charge is -2.19. The Morgan fingerprint density at radius 1 is 0.897 bits per heavy atom. The Balaban J connectivity index is 1.75. The van der Waals surface area contributed by atoms with Crippen molar-refractivity contribution >= 4 is 23.2 Å². The average molecular weight is 410 g/mol. The van der Waals surface area contributed by atoms with Crippen molar-refractivity contribution in [3.63, 3.8) is 0 Å². The number of hydrogen-bond donors (Lipinski definition) is 1. The van der Waals surface area contributed by atoms with E-state index < -0.39 is 6.10 Å². The fourth-order valence-electron chi connectivity index (χ4n) is 2.85. The van der Waals surface area contributed by atoms with Crippen LogP contribution in [0.3, 0.4) is 0 Å². The predicted molar refractivity (Wildman–Crippen MR) is 117 cm³/mol. The summed E-state index contributed by atoms with van der Waals surface area (Å²) in [7, 11) is 0. The number of rotatable bonds is 7. The molecule has 0 aromatic heterocycles. The van der Waals surface area contributed by atoms with Crippen molar-refractivity contribution in [3.05, 3.63) is 83.4 Å². The summed E-state index contributed by atoms with van der Waals surface area (Å²) in [5.41, 5.74) is 1.54. The average Bonchev–Trinajstić information content (AvgIpc) is 2.71. The highest BCUT2D eigenvalue weighted by atomic mass is 35.5. The maximum atomic E-state index is 12.8. The van der Waals surface area contributed by atoms with E-state index in [-0.39, 0.29) is 5.91 Å². The topological polar surface area (TPSA) is 47.6 Å². The van der Waals surface area contributed by atoms with Gasteiger partial charge in [0.25, 0.3) is 5.91 Å². The van der Waals surface area contributed by atoms with Gasteiger partial charge in [0.1, 0.15) is 11.5 Å². The van der Waals surface area contributed by atoms with E-state index in [0.717, 1.165) is 5.56 Å². The van der Waals surface area contributed by atoms with Gasteiger partial charge in [-0.15, -0.1) is 0 Å². The fraction of sp³-hybridized carbons (Fsp3) is 0.208. The highest BCUT2D eigenvalue weighted by Gasteiger charge is 2.19. The minimum absolute atomic E-state index is 0.288. The van der Waals surface area contributed by atoms with Gasteiger partial charge in [0, 0.05) is 5.02 Å². The van der Waals surface area contributed by atoms with Gasteiger partial charge in [0.05, 0.1) is 5.69 Å². The van der Waals surface area contributed by atoms with Crippen LogP contribution in [0.2, 0.25) is 5.02 Å². The molecule has 0 spiro atoms. The highest BCUT2D eigenvalue weighted by Crippen LogP contribution is 2.32. The quantitative estimate of drug-likeness (QED) is 0.474. The van der Waals surface area contributed by atoms with Crippen molar-refractivity contribution in [2.45, 2.75) is 32.8 Å². The smallest absolute Gasteiger partial charge is 0.265 e. The van der Waals surface area contributed by atoms with Crippen LogP contribution in [-0.2, 0) is 4.79 Å². The lowest BCUT2D eigenvalue weighted by molar-refractivity contribution is -0.122. The van der Waals surface area contributed by atoms with E-state index in [1.54, 1.807) is 25.1 Å². The van der Waals surface area contributed by atoms with Crippen LogP contribution in [0.1, 0.15) is 32.3 Å². The lowest BCUT2D eigenvalue weighted by atomic mass is 10.0. The third kappa shape index (κ3) is 5.52. The molecule has 4 nitrogen and oxygen atoms in total. The normalized spacial score (nSPS) is 11.8. The molecular weight excluding hydrogens is 386 g/mol. The van der Waals surface area contributed by atoms with Crippen LogP contribution in [0, 0.1) is 0 Å². The zero-order valence-electron chi connectivity index (χ0n) is 16.7. The van der Waals surface area contributed by atoms with Gasteiger partial charge >= 0.3 is 0 Å². The summed E-state index contributed by atoms with van der Waals surface area (Å²) in [5, 5.41) is 3.37. The summed E-state index contributed by atoms with van der Waals surface area (Å²) < 4.78 is 11.8. The Hall–Kier alpha value is -2.98. The molecule has 0 heterocycles. The molecule has 1 atom stereocenters. The lowest BCUT2D eigenvalue weighted by Crippen LogP contribution is -2.30. The van der Waals surface area contributed by atoms with Crippen LogP contribution in [0.25, 0.3) is 0 Å². The molecule has 0 radical (unpaired) electrons. The minimum atomic E-state index is -0.696. The summed E-state index contributed by atoms with van der Waals surface area (Å²) in [5.74, 6) is 1.88. The Morgan fingerprint density at radius 3 is 2.31 bits per heavy atom. The number of nitrogens with one attached hydrogen (secondary N) is 1. The third-order valence-electron chi connectivity index (χ3n) is 4.38. The van der Waals surface area contributed by atoms with Gasteiger partial charge in [-0.2, -0.15) is 0 Å². The first-order chi connectivity index (χ1) is 13.9. The van der Waals surface area contributed by atoms with Crippen LogP contribution in [0.5, 0.6) is 17.2 Å². The SMILES string of the molecule is CC(C)c1ccccc1O[C@H](C)C(=O)Nc1cc(Cl)ccc1Oc1ccccc1. The standard InChI is InChI=1S/C24H24ClNO3/c1-16(2)20-11-7-8-12-22(20)28-17(3)24(27)26-21-15-18(25)13-14-23(21)29-19-9-5-4-6-10-19/h4-17H,1-3H3,(H,26,27)/t17-/m1/s1. The van der Waals surface area contributed by atoms with Gasteiger partial charge < -0.3 is 14.8 Å². The van der Waals surface area contributed by atoms with Gasteiger partial charge in [-0.3, -0.25) is 4.79 Å². The van der Waals surface area contributed by atoms with Crippen molar-refractivity contribution in [1.29, 1.82) is 0 Å². The number of carbonyl (C=O) groups is 1. The second-order valence-electron chi connectivity index (χ2n) is 7.00. The van der Waals surface area contributed by atoms with E-state index in [2.05, 4.69) is 19.2 Å². The highest BCUT2D eigenvalue weighted by molar-refractivity contribution is 6.31. The monoisotopic (exact) mass is 409 g/mol. The molecule has 3 rings (SSSR count). The number of anilines is 1. The summed E-state index contributed by atoms with van der Waals surface area (Å²) in [4.78, 5) is 12.8. The van der Waals surface area contributed by atoms with Gasteiger partial charge in [0.15, 0.2) is 11.9 Å². The molecule has 29 heavy (non-hydrogen) atoms. The molecule has 3 aromatic rings. The summed E-state index contributed by atoms with van der Waals surface area (Å²) >= 11 is 6.13. The molecule has 0 aliphatic rings. The number of ether oxygens (including phenoxy) is 2. The molecule has 0 saturated heterocycles. The molecule has 0 fully saturated rings. The van der Waals surface area contributed by atoms with Crippen LogP contribution in [-0.4, -0.2) is 12.0 Å². The largest absolute Gasteiger partial charge is 0.481 e. The maximum absolute atomic E-state index is 12.8. The zero-order chi connectivity index (χ0) is 20.8. The molecule has 0 bridgehead atoms. The van der Waals surface area contributed by atoms with E-state index in [1.807, 2.05) is 54.6 Å². The third-order valence-corrected chi connectivity index (χ3v) is 4.62. The van der Waals surface area contributed by atoms with Crippen molar-refractivity contribution in [1.82, 2.24) is 0 Å².